The van der Waals surface area contributed by atoms with Gasteiger partial charge in [0.2, 0.25) is 0 Å². The summed E-state index contributed by atoms with van der Waals surface area (Å²) in [7, 11) is 0. The SMILES string of the molecule is N#C/C(=C/c1ccccc1OCc1ccccc1C#N)C(=O)Nc1cccc(C(F)(F)F)c1. The minimum Gasteiger partial charge on any atom is -0.488 e. The van der Waals surface area contributed by atoms with Gasteiger partial charge in [-0.1, -0.05) is 42.5 Å². The zero-order valence-corrected chi connectivity index (χ0v) is 17.1. The Morgan fingerprint density at radius 3 is 2.45 bits per heavy atom. The molecule has 1 amide bonds. The van der Waals surface area contributed by atoms with E-state index in [0.29, 0.717) is 22.4 Å². The quantitative estimate of drug-likeness (QED) is 0.388. The van der Waals surface area contributed by atoms with E-state index in [1.807, 2.05) is 0 Å². The Labute approximate surface area is 188 Å². The number of benzene rings is 3. The summed E-state index contributed by atoms with van der Waals surface area (Å²) < 4.78 is 44.5. The molecule has 0 aliphatic carbocycles. The molecule has 0 saturated heterocycles. The third-order valence-electron chi connectivity index (χ3n) is 4.55. The zero-order valence-electron chi connectivity index (χ0n) is 17.1. The average Bonchev–Trinajstić information content (AvgIpc) is 2.81. The number of ether oxygens (including phenoxy) is 1. The second-order valence-corrected chi connectivity index (χ2v) is 6.80. The lowest BCUT2D eigenvalue weighted by atomic mass is 10.1. The van der Waals surface area contributed by atoms with Gasteiger partial charge in [0, 0.05) is 16.8 Å². The summed E-state index contributed by atoms with van der Waals surface area (Å²) in [6.45, 7) is 0.0902. The highest BCUT2D eigenvalue weighted by molar-refractivity contribution is 6.09. The second-order valence-electron chi connectivity index (χ2n) is 6.80. The van der Waals surface area contributed by atoms with Crippen molar-refractivity contribution in [3.63, 3.8) is 0 Å². The van der Waals surface area contributed by atoms with E-state index < -0.39 is 17.6 Å². The van der Waals surface area contributed by atoms with Crippen LogP contribution >= 0.6 is 0 Å². The Morgan fingerprint density at radius 1 is 1.00 bits per heavy atom. The maximum atomic E-state index is 12.9. The minimum absolute atomic E-state index is 0.0892. The standard InChI is InChI=1S/C25H16F3N3O2/c26-25(27,28)21-9-5-10-22(13-21)31-24(32)20(15-30)12-17-6-3-4-11-23(17)33-16-19-8-2-1-7-18(19)14-29/h1-13H,16H2,(H,31,32)/b20-12-. The summed E-state index contributed by atoms with van der Waals surface area (Å²) in [5.41, 5.74) is 0.224. The van der Waals surface area contributed by atoms with Crippen molar-refractivity contribution >= 4 is 17.7 Å². The summed E-state index contributed by atoms with van der Waals surface area (Å²) in [6.07, 6.45) is -3.27. The molecule has 0 heterocycles. The first-order valence-electron chi connectivity index (χ1n) is 9.62. The van der Waals surface area contributed by atoms with Crippen molar-refractivity contribution in [2.45, 2.75) is 12.8 Å². The van der Waals surface area contributed by atoms with E-state index in [9.17, 15) is 28.5 Å². The molecule has 3 rings (SSSR count). The number of para-hydroxylation sites is 1. The van der Waals surface area contributed by atoms with Gasteiger partial charge >= 0.3 is 6.18 Å². The molecule has 0 aliphatic rings. The van der Waals surface area contributed by atoms with Crippen LogP contribution in [0.15, 0.2) is 78.4 Å². The molecule has 3 aromatic carbocycles. The number of nitrogens with zero attached hydrogens (tertiary/aromatic N) is 2. The number of nitriles is 2. The molecule has 164 valence electrons. The Balaban J connectivity index is 1.81. The van der Waals surface area contributed by atoms with E-state index in [1.165, 1.54) is 12.1 Å². The molecule has 0 atom stereocenters. The van der Waals surface area contributed by atoms with Crippen molar-refractivity contribution in [2.24, 2.45) is 0 Å². The maximum Gasteiger partial charge on any atom is 0.416 e. The highest BCUT2D eigenvalue weighted by Crippen LogP contribution is 2.31. The summed E-state index contributed by atoms with van der Waals surface area (Å²) in [5.74, 6) is -0.494. The second kappa shape index (κ2) is 10.2. The molecule has 33 heavy (non-hydrogen) atoms. The molecule has 1 N–H and O–H groups in total. The van der Waals surface area contributed by atoms with Gasteiger partial charge in [-0.05, 0) is 36.4 Å². The lowest BCUT2D eigenvalue weighted by Gasteiger charge is -2.11. The van der Waals surface area contributed by atoms with Gasteiger partial charge in [0.15, 0.2) is 0 Å². The van der Waals surface area contributed by atoms with Crippen molar-refractivity contribution in [1.82, 2.24) is 0 Å². The van der Waals surface area contributed by atoms with E-state index in [4.69, 9.17) is 4.74 Å². The molecule has 0 spiro atoms. The predicted octanol–water partition coefficient (Wildman–Crippen LogP) is 5.70. The van der Waals surface area contributed by atoms with Crippen molar-refractivity contribution in [2.75, 3.05) is 5.32 Å². The van der Waals surface area contributed by atoms with Crippen LogP contribution in [0.3, 0.4) is 0 Å². The van der Waals surface area contributed by atoms with Gasteiger partial charge in [-0.2, -0.15) is 23.7 Å². The molecule has 0 unspecified atom stereocenters. The summed E-state index contributed by atoms with van der Waals surface area (Å²) in [4.78, 5) is 12.5. The van der Waals surface area contributed by atoms with Gasteiger partial charge < -0.3 is 10.1 Å². The van der Waals surface area contributed by atoms with E-state index in [1.54, 1.807) is 54.6 Å². The van der Waals surface area contributed by atoms with Crippen LogP contribution in [0, 0.1) is 22.7 Å². The zero-order chi connectivity index (χ0) is 23.8. The maximum absolute atomic E-state index is 12.9. The molecule has 0 bridgehead atoms. The number of alkyl halides is 3. The highest BCUT2D eigenvalue weighted by Gasteiger charge is 2.30. The summed E-state index contributed by atoms with van der Waals surface area (Å²) in [6, 6.07) is 21.6. The van der Waals surface area contributed by atoms with Gasteiger partial charge in [0.05, 0.1) is 17.2 Å². The Morgan fingerprint density at radius 2 is 1.73 bits per heavy atom. The molecule has 8 heteroatoms. The van der Waals surface area contributed by atoms with Crippen molar-refractivity contribution < 1.29 is 22.7 Å². The fourth-order valence-electron chi connectivity index (χ4n) is 2.92. The topological polar surface area (TPSA) is 85.9 Å². The average molecular weight is 447 g/mol. The van der Waals surface area contributed by atoms with Crippen LogP contribution in [0.25, 0.3) is 6.08 Å². The molecular formula is C25H16F3N3O2. The smallest absolute Gasteiger partial charge is 0.416 e. The number of anilines is 1. The van der Waals surface area contributed by atoms with Crippen LogP contribution < -0.4 is 10.1 Å². The van der Waals surface area contributed by atoms with Crippen molar-refractivity contribution in [1.29, 1.82) is 10.5 Å². The summed E-state index contributed by atoms with van der Waals surface area (Å²) in [5, 5.41) is 21.0. The first-order chi connectivity index (χ1) is 15.8. The van der Waals surface area contributed by atoms with Crippen molar-refractivity contribution in [3.05, 3.63) is 101 Å². The third-order valence-corrected chi connectivity index (χ3v) is 4.55. The first-order valence-corrected chi connectivity index (χ1v) is 9.62. The number of carbonyl (C=O) groups excluding carboxylic acids is 1. The van der Waals surface area contributed by atoms with Gasteiger partial charge in [0.25, 0.3) is 5.91 Å². The monoisotopic (exact) mass is 447 g/mol. The molecule has 0 radical (unpaired) electrons. The Kier molecular flexibility index (Phi) is 7.12. The third kappa shape index (κ3) is 5.99. The van der Waals surface area contributed by atoms with Crippen LogP contribution in [0.2, 0.25) is 0 Å². The number of carbonyl (C=O) groups is 1. The van der Waals surface area contributed by atoms with Crippen LogP contribution in [0.4, 0.5) is 18.9 Å². The lowest BCUT2D eigenvalue weighted by Crippen LogP contribution is -2.14. The Bertz CT molecular complexity index is 1280. The molecule has 5 nitrogen and oxygen atoms in total. The molecule has 0 aliphatic heterocycles. The van der Waals surface area contributed by atoms with E-state index in [-0.39, 0.29) is 17.9 Å². The van der Waals surface area contributed by atoms with Gasteiger partial charge in [0.1, 0.15) is 24.0 Å². The van der Waals surface area contributed by atoms with Crippen LogP contribution in [-0.4, -0.2) is 5.91 Å². The van der Waals surface area contributed by atoms with E-state index in [2.05, 4.69) is 11.4 Å². The summed E-state index contributed by atoms with van der Waals surface area (Å²) >= 11 is 0. The van der Waals surface area contributed by atoms with Crippen LogP contribution in [-0.2, 0) is 17.6 Å². The number of amides is 1. The van der Waals surface area contributed by atoms with Crippen molar-refractivity contribution in [3.8, 4) is 17.9 Å². The molecule has 0 aromatic heterocycles. The molecule has 0 saturated carbocycles. The Hall–Kier alpha value is -4.56. The van der Waals surface area contributed by atoms with Gasteiger partial charge in [-0.25, -0.2) is 0 Å². The molecule has 3 aromatic rings. The van der Waals surface area contributed by atoms with Gasteiger partial charge in [-0.3, -0.25) is 4.79 Å². The lowest BCUT2D eigenvalue weighted by molar-refractivity contribution is -0.137. The fraction of sp³-hybridized carbons (Fsp3) is 0.0800. The van der Waals surface area contributed by atoms with Gasteiger partial charge in [-0.15, -0.1) is 0 Å². The number of rotatable bonds is 6. The first kappa shape index (κ1) is 23.1. The molecule has 0 fully saturated rings. The molecular weight excluding hydrogens is 431 g/mol. The van der Waals surface area contributed by atoms with E-state index in [0.717, 1.165) is 18.2 Å². The largest absolute Gasteiger partial charge is 0.488 e. The highest BCUT2D eigenvalue weighted by atomic mass is 19.4. The fourth-order valence-corrected chi connectivity index (χ4v) is 2.92. The van der Waals surface area contributed by atoms with E-state index >= 15 is 0 Å². The number of hydrogen-bond acceptors (Lipinski definition) is 4. The minimum atomic E-state index is -4.56. The normalized spacial score (nSPS) is 11.2. The predicted molar refractivity (Wildman–Crippen MR) is 116 cm³/mol. The number of hydrogen-bond donors (Lipinski definition) is 1. The van der Waals surface area contributed by atoms with Crippen LogP contribution in [0.5, 0.6) is 5.75 Å². The number of nitrogens with one attached hydrogen (secondary N) is 1. The van der Waals surface area contributed by atoms with Crippen LogP contribution in [0.1, 0.15) is 22.3 Å². The number of halogens is 3.